The summed E-state index contributed by atoms with van der Waals surface area (Å²) in [5.41, 5.74) is 4.83. The fourth-order valence-corrected chi connectivity index (χ4v) is 4.54. The first-order valence-electron chi connectivity index (χ1n) is 11.6. The molecule has 0 saturated carbocycles. The van der Waals surface area contributed by atoms with E-state index in [1.807, 2.05) is 55.6 Å². The Labute approximate surface area is 198 Å². The quantitative estimate of drug-likeness (QED) is 0.586. The molecule has 0 aliphatic carbocycles. The molecule has 8 heteroatoms. The third kappa shape index (κ3) is 4.73. The third-order valence-corrected chi connectivity index (χ3v) is 6.30. The van der Waals surface area contributed by atoms with Gasteiger partial charge in [-0.1, -0.05) is 18.2 Å². The lowest BCUT2D eigenvalue weighted by atomic mass is 9.96. The number of hydrogen-bond acceptors (Lipinski definition) is 7. The average Bonchev–Trinajstić information content (AvgIpc) is 2.87. The number of morpholine rings is 1. The lowest BCUT2D eigenvalue weighted by Gasteiger charge is -2.28. The number of esters is 1. The fourth-order valence-electron chi connectivity index (χ4n) is 4.54. The Morgan fingerprint density at radius 2 is 1.82 bits per heavy atom. The monoisotopic (exact) mass is 460 g/mol. The van der Waals surface area contributed by atoms with E-state index in [1.165, 1.54) is 0 Å². The van der Waals surface area contributed by atoms with Gasteiger partial charge in [0.1, 0.15) is 0 Å². The molecule has 3 aromatic rings. The van der Waals surface area contributed by atoms with Crippen molar-refractivity contribution in [2.24, 2.45) is 0 Å². The fraction of sp³-hybridized carbons (Fsp3) is 0.346. The molecule has 176 valence electrons. The molecule has 2 aliphatic rings. The van der Waals surface area contributed by atoms with Crippen LogP contribution in [-0.2, 0) is 27.2 Å². The van der Waals surface area contributed by atoms with Gasteiger partial charge in [0.05, 0.1) is 24.3 Å². The van der Waals surface area contributed by atoms with Gasteiger partial charge in [-0.3, -0.25) is 9.78 Å². The third-order valence-electron chi connectivity index (χ3n) is 6.30. The van der Waals surface area contributed by atoms with Crippen LogP contribution >= 0.6 is 0 Å². The van der Waals surface area contributed by atoms with E-state index in [1.54, 1.807) is 0 Å². The van der Waals surface area contributed by atoms with Crippen LogP contribution < -0.4 is 10.2 Å². The van der Waals surface area contributed by atoms with Crippen molar-refractivity contribution in [3.63, 3.8) is 0 Å². The molecule has 1 fully saturated rings. The molecule has 2 aromatic carbocycles. The number of aromatic nitrogens is 1. The van der Waals surface area contributed by atoms with Crippen molar-refractivity contribution in [2.45, 2.75) is 13.0 Å². The van der Waals surface area contributed by atoms with E-state index >= 15 is 0 Å². The van der Waals surface area contributed by atoms with E-state index in [0.717, 1.165) is 67.1 Å². The van der Waals surface area contributed by atoms with Crippen LogP contribution in [0.2, 0.25) is 0 Å². The molecule has 0 spiro atoms. The number of likely N-dealkylation sites (N-methyl/N-ethyl adjacent to an activating group) is 1. The number of para-hydroxylation sites is 1. The molecular formula is C26H28N4O4. The standard InChI is InChI=1S/C26H28N4O4/c1-29-11-10-23-21(16-29)25(20-4-2-3-5-22(20)28-23)26(32)34-17-24(31)27-18-6-8-19(9-7-18)30-12-14-33-15-13-30/h2-9H,10-17H2,1H3,(H,27,31). The summed E-state index contributed by atoms with van der Waals surface area (Å²) >= 11 is 0. The summed E-state index contributed by atoms with van der Waals surface area (Å²) in [6.45, 7) is 4.30. The Morgan fingerprint density at radius 1 is 1.06 bits per heavy atom. The van der Waals surface area contributed by atoms with Crippen molar-refractivity contribution in [3.05, 3.63) is 65.4 Å². The molecular weight excluding hydrogens is 432 g/mol. The number of ether oxygens (including phenoxy) is 2. The minimum Gasteiger partial charge on any atom is -0.452 e. The minimum absolute atomic E-state index is 0.356. The van der Waals surface area contributed by atoms with Crippen LogP contribution in [0.1, 0.15) is 21.6 Å². The molecule has 1 aromatic heterocycles. The van der Waals surface area contributed by atoms with E-state index in [-0.39, 0.29) is 12.5 Å². The first kappa shape index (κ1) is 22.3. The van der Waals surface area contributed by atoms with Gasteiger partial charge in [-0.25, -0.2) is 4.79 Å². The number of rotatable bonds is 5. The SMILES string of the molecule is CN1CCc2nc3ccccc3c(C(=O)OCC(=O)Nc3ccc(N4CCOCC4)cc3)c2C1. The summed E-state index contributed by atoms with van der Waals surface area (Å²) in [4.78, 5) is 34.8. The molecule has 1 saturated heterocycles. The lowest BCUT2D eigenvalue weighted by Crippen LogP contribution is -2.36. The predicted octanol–water partition coefficient (Wildman–Crippen LogP) is 2.85. The highest BCUT2D eigenvalue weighted by atomic mass is 16.5. The minimum atomic E-state index is -0.497. The highest BCUT2D eigenvalue weighted by Crippen LogP contribution is 2.28. The Morgan fingerprint density at radius 3 is 2.62 bits per heavy atom. The zero-order valence-electron chi connectivity index (χ0n) is 19.3. The van der Waals surface area contributed by atoms with Gasteiger partial charge in [0, 0.05) is 60.6 Å². The zero-order valence-corrected chi connectivity index (χ0v) is 19.3. The number of amides is 1. The molecule has 0 radical (unpaired) electrons. The van der Waals surface area contributed by atoms with E-state index in [4.69, 9.17) is 14.5 Å². The van der Waals surface area contributed by atoms with Gasteiger partial charge in [0.2, 0.25) is 0 Å². The molecule has 2 aliphatic heterocycles. The molecule has 0 unspecified atom stereocenters. The maximum atomic E-state index is 13.1. The van der Waals surface area contributed by atoms with Gasteiger partial charge in [-0.15, -0.1) is 0 Å². The normalized spacial score (nSPS) is 16.2. The number of nitrogens with zero attached hydrogens (tertiary/aromatic N) is 3. The van der Waals surface area contributed by atoms with Gasteiger partial charge >= 0.3 is 5.97 Å². The van der Waals surface area contributed by atoms with Gasteiger partial charge in [0.15, 0.2) is 6.61 Å². The summed E-state index contributed by atoms with van der Waals surface area (Å²) in [6.07, 6.45) is 0.776. The van der Waals surface area contributed by atoms with Gasteiger partial charge in [0.25, 0.3) is 5.91 Å². The van der Waals surface area contributed by atoms with Crippen LogP contribution in [0.5, 0.6) is 0 Å². The predicted molar refractivity (Wildman–Crippen MR) is 130 cm³/mol. The van der Waals surface area contributed by atoms with Crippen LogP contribution in [0, 0.1) is 0 Å². The van der Waals surface area contributed by atoms with Crippen molar-refractivity contribution in [1.29, 1.82) is 0 Å². The van der Waals surface area contributed by atoms with Crippen molar-refractivity contribution in [2.75, 3.05) is 56.7 Å². The second-order valence-corrected chi connectivity index (χ2v) is 8.69. The molecule has 1 amide bonds. The van der Waals surface area contributed by atoms with E-state index in [0.29, 0.717) is 17.8 Å². The van der Waals surface area contributed by atoms with E-state index in [9.17, 15) is 9.59 Å². The van der Waals surface area contributed by atoms with Crippen molar-refractivity contribution < 1.29 is 19.1 Å². The molecule has 0 atom stereocenters. The number of anilines is 2. The smallest absolute Gasteiger partial charge is 0.339 e. The van der Waals surface area contributed by atoms with Crippen LogP contribution in [0.4, 0.5) is 11.4 Å². The molecule has 3 heterocycles. The average molecular weight is 461 g/mol. The van der Waals surface area contributed by atoms with Gasteiger partial charge < -0.3 is 24.6 Å². The van der Waals surface area contributed by atoms with Crippen LogP contribution in [0.15, 0.2) is 48.5 Å². The summed E-state index contributed by atoms with van der Waals surface area (Å²) in [6, 6.07) is 15.2. The Balaban J connectivity index is 1.26. The molecule has 34 heavy (non-hydrogen) atoms. The Hall–Kier alpha value is -3.49. The number of benzene rings is 2. The van der Waals surface area contributed by atoms with Crippen LogP contribution in [0.3, 0.4) is 0 Å². The summed E-state index contributed by atoms with van der Waals surface area (Å²) in [7, 11) is 2.02. The topological polar surface area (TPSA) is 84.0 Å². The second kappa shape index (κ2) is 9.79. The van der Waals surface area contributed by atoms with Crippen molar-refractivity contribution >= 4 is 34.2 Å². The summed E-state index contributed by atoms with van der Waals surface area (Å²) in [5.74, 6) is -0.875. The summed E-state index contributed by atoms with van der Waals surface area (Å²) < 4.78 is 10.9. The summed E-state index contributed by atoms with van der Waals surface area (Å²) in [5, 5.41) is 3.56. The Bertz CT molecular complexity index is 1210. The van der Waals surface area contributed by atoms with Crippen LogP contribution in [-0.4, -0.2) is 68.3 Å². The number of carbonyl (C=O) groups excluding carboxylic acids is 2. The number of carbonyl (C=O) groups is 2. The number of nitrogens with one attached hydrogen (secondary N) is 1. The molecule has 0 bridgehead atoms. The highest BCUT2D eigenvalue weighted by Gasteiger charge is 2.25. The molecule has 5 rings (SSSR count). The highest BCUT2D eigenvalue weighted by molar-refractivity contribution is 6.06. The first-order valence-corrected chi connectivity index (χ1v) is 11.6. The van der Waals surface area contributed by atoms with Crippen molar-refractivity contribution in [1.82, 2.24) is 9.88 Å². The van der Waals surface area contributed by atoms with Crippen LogP contribution in [0.25, 0.3) is 10.9 Å². The maximum absolute atomic E-state index is 13.1. The molecule has 1 N–H and O–H groups in total. The second-order valence-electron chi connectivity index (χ2n) is 8.69. The van der Waals surface area contributed by atoms with Gasteiger partial charge in [-0.2, -0.15) is 0 Å². The number of pyridine rings is 1. The van der Waals surface area contributed by atoms with E-state index in [2.05, 4.69) is 15.1 Å². The van der Waals surface area contributed by atoms with E-state index < -0.39 is 5.97 Å². The Kier molecular flexibility index (Phi) is 6.42. The maximum Gasteiger partial charge on any atom is 0.339 e. The zero-order chi connectivity index (χ0) is 23.5. The molecule has 8 nitrogen and oxygen atoms in total. The first-order chi connectivity index (χ1) is 16.6. The van der Waals surface area contributed by atoms with Crippen molar-refractivity contribution in [3.8, 4) is 0 Å². The lowest BCUT2D eigenvalue weighted by molar-refractivity contribution is -0.119. The van der Waals surface area contributed by atoms with Gasteiger partial charge in [-0.05, 0) is 37.4 Å². The largest absolute Gasteiger partial charge is 0.452 e. The number of hydrogen-bond donors (Lipinski definition) is 1. The number of fused-ring (bicyclic) bond motifs is 2.